The lowest BCUT2D eigenvalue weighted by molar-refractivity contribution is 0.353. The lowest BCUT2D eigenvalue weighted by Crippen LogP contribution is -2.36. The third-order valence-corrected chi connectivity index (χ3v) is 4.02. The van der Waals surface area contributed by atoms with Gasteiger partial charge in [-0.05, 0) is 29.7 Å². The molecule has 0 saturated carbocycles. The molecule has 22 heavy (non-hydrogen) atoms. The molecule has 0 saturated heterocycles. The largest absolute Gasteiger partial charge is 0.493 e. The maximum atomic E-state index is 12.2. The van der Waals surface area contributed by atoms with Crippen molar-refractivity contribution in [3.63, 3.8) is 0 Å². The average Bonchev–Trinajstić information content (AvgIpc) is 2.55. The van der Waals surface area contributed by atoms with Crippen LogP contribution in [0, 0.1) is 0 Å². The number of nitrogens with zero attached hydrogens (tertiary/aromatic N) is 3. The summed E-state index contributed by atoms with van der Waals surface area (Å²) in [6.07, 6.45) is 4.16. The van der Waals surface area contributed by atoms with E-state index in [1.165, 1.54) is 5.56 Å². The van der Waals surface area contributed by atoms with Gasteiger partial charge in [-0.3, -0.25) is 4.79 Å². The highest BCUT2D eigenvalue weighted by Crippen LogP contribution is 2.33. The third kappa shape index (κ3) is 2.41. The summed E-state index contributed by atoms with van der Waals surface area (Å²) in [5, 5.41) is 0. The van der Waals surface area contributed by atoms with E-state index in [1.807, 2.05) is 17.0 Å². The van der Waals surface area contributed by atoms with Crippen molar-refractivity contribution in [2.24, 2.45) is 7.05 Å². The van der Waals surface area contributed by atoms with Crippen molar-refractivity contribution in [2.45, 2.75) is 13.0 Å². The minimum atomic E-state index is -0.0774. The van der Waals surface area contributed by atoms with Crippen molar-refractivity contribution in [3.8, 4) is 11.5 Å². The number of rotatable bonds is 3. The van der Waals surface area contributed by atoms with E-state index in [4.69, 9.17) is 9.47 Å². The number of anilines is 1. The summed E-state index contributed by atoms with van der Waals surface area (Å²) in [5.41, 5.74) is 2.28. The van der Waals surface area contributed by atoms with Gasteiger partial charge in [0.25, 0.3) is 5.56 Å². The number of benzene rings is 1. The van der Waals surface area contributed by atoms with Gasteiger partial charge in [-0.15, -0.1) is 0 Å². The Labute approximate surface area is 128 Å². The van der Waals surface area contributed by atoms with E-state index in [0.29, 0.717) is 18.1 Å². The first kappa shape index (κ1) is 14.4. The number of ether oxygens (including phenoxy) is 2. The van der Waals surface area contributed by atoms with Crippen molar-refractivity contribution in [2.75, 3.05) is 25.7 Å². The van der Waals surface area contributed by atoms with Crippen LogP contribution in [-0.4, -0.2) is 30.3 Å². The Kier molecular flexibility index (Phi) is 3.75. The minimum absolute atomic E-state index is 0.0774. The Morgan fingerprint density at radius 1 is 1.14 bits per heavy atom. The molecule has 0 amide bonds. The van der Waals surface area contributed by atoms with Crippen LogP contribution < -0.4 is 19.9 Å². The summed E-state index contributed by atoms with van der Waals surface area (Å²) >= 11 is 0. The predicted molar refractivity (Wildman–Crippen MR) is 83.8 cm³/mol. The zero-order valence-corrected chi connectivity index (χ0v) is 13.0. The summed E-state index contributed by atoms with van der Waals surface area (Å²) in [5.74, 6) is 1.94. The van der Waals surface area contributed by atoms with Crippen molar-refractivity contribution in [1.82, 2.24) is 9.55 Å². The second-order valence-electron chi connectivity index (χ2n) is 5.31. The Morgan fingerprint density at radius 3 is 2.50 bits per heavy atom. The topological polar surface area (TPSA) is 56.6 Å². The van der Waals surface area contributed by atoms with Crippen molar-refractivity contribution < 1.29 is 9.47 Å². The van der Waals surface area contributed by atoms with Crippen LogP contribution in [0.25, 0.3) is 0 Å². The van der Waals surface area contributed by atoms with Gasteiger partial charge in [0.15, 0.2) is 17.3 Å². The molecule has 116 valence electrons. The number of hydrogen-bond donors (Lipinski definition) is 0. The highest BCUT2D eigenvalue weighted by Gasteiger charge is 2.22. The monoisotopic (exact) mass is 301 g/mol. The van der Waals surface area contributed by atoms with Crippen LogP contribution in [0.15, 0.2) is 29.3 Å². The maximum absolute atomic E-state index is 12.2. The number of aromatic nitrogens is 2. The number of aryl methyl sites for hydroxylation is 1. The first-order valence-electron chi connectivity index (χ1n) is 7.14. The van der Waals surface area contributed by atoms with Crippen LogP contribution in [0.1, 0.15) is 11.1 Å². The second-order valence-corrected chi connectivity index (χ2v) is 5.31. The molecule has 3 rings (SSSR count). The fourth-order valence-corrected chi connectivity index (χ4v) is 2.77. The van der Waals surface area contributed by atoms with E-state index >= 15 is 0 Å². The van der Waals surface area contributed by atoms with Gasteiger partial charge < -0.3 is 18.9 Å². The van der Waals surface area contributed by atoms with Crippen LogP contribution in [0.2, 0.25) is 0 Å². The maximum Gasteiger partial charge on any atom is 0.293 e. The molecule has 0 atom stereocenters. The summed E-state index contributed by atoms with van der Waals surface area (Å²) in [6, 6.07) is 4.00. The molecule has 1 aliphatic heterocycles. The Balaban J connectivity index is 1.97. The molecule has 0 N–H and O–H groups in total. The molecule has 1 aromatic heterocycles. The summed E-state index contributed by atoms with van der Waals surface area (Å²) in [4.78, 5) is 18.5. The standard InChI is InChI=1S/C16H19N3O3/c1-18-7-5-17-15(16(18)20)19-6-4-11-8-13(21-2)14(22-3)9-12(11)10-19/h5,7-9H,4,6,10H2,1-3H3. The normalized spacial score (nSPS) is 13.7. The van der Waals surface area contributed by atoms with E-state index in [9.17, 15) is 4.79 Å². The molecule has 6 nitrogen and oxygen atoms in total. The molecule has 0 aliphatic carbocycles. The fourth-order valence-electron chi connectivity index (χ4n) is 2.77. The molecule has 2 heterocycles. The van der Waals surface area contributed by atoms with Crippen molar-refractivity contribution in [1.29, 1.82) is 0 Å². The van der Waals surface area contributed by atoms with Crippen LogP contribution in [0.4, 0.5) is 5.82 Å². The Hall–Kier alpha value is -2.50. The van der Waals surface area contributed by atoms with Gasteiger partial charge in [0.1, 0.15) is 0 Å². The third-order valence-electron chi connectivity index (χ3n) is 4.02. The van der Waals surface area contributed by atoms with E-state index in [0.717, 1.165) is 24.3 Å². The Morgan fingerprint density at radius 2 is 1.82 bits per heavy atom. The molecule has 0 radical (unpaired) electrons. The van der Waals surface area contributed by atoms with Gasteiger partial charge in [0, 0.05) is 32.5 Å². The van der Waals surface area contributed by atoms with E-state index in [1.54, 1.807) is 38.2 Å². The number of hydrogen-bond acceptors (Lipinski definition) is 5. The van der Waals surface area contributed by atoms with Gasteiger partial charge in [-0.25, -0.2) is 4.98 Å². The first-order valence-corrected chi connectivity index (χ1v) is 7.14. The lowest BCUT2D eigenvalue weighted by atomic mass is 9.99. The fraction of sp³-hybridized carbons (Fsp3) is 0.375. The molecule has 1 aliphatic rings. The van der Waals surface area contributed by atoms with Gasteiger partial charge in [0.05, 0.1) is 14.2 Å². The van der Waals surface area contributed by atoms with Gasteiger partial charge in [-0.1, -0.05) is 0 Å². The van der Waals surface area contributed by atoms with E-state index in [2.05, 4.69) is 4.98 Å². The second kappa shape index (κ2) is 5.71. The molecule has 1 aromatic carbocycles. The number of fused-ring (bicyclic) bond motifs is 1. The molecule has 6 heteroatoms. The van der Waals surface area contributed by atoms with Gasteiger partial charge >= 0.3 is 0 Å². The van der Waals surface area contributed by atoms with Crippen molar-refractivity contribution >= 4 is 5.82 Å². The van der Waals surface area contributed by atoms with Crippen LogP contribution in [0.3, 0.4) is 0 Å². The van der Waals surface area contributed by atoms with E-state index in [-0.39, 0.29) is 5.56 Å². The quantitative estimate of drug-likeness (QED) is 0.857. The SMILES string of the molecule is COc1cc2c(cc1OC)CN(c1nccn(C)c1=O)CC2. The van der Waals surface area contributed by atoms with Crippen LogP contribution in [0.5, 0.6) is 11.5 Å². The van der Waals surface area contributed by atoms with Crippen LogP contribution in [-0.2, 0) is 20.0 Å². The molecule has 2 aromatic rings. The number of methoxy groups -OCH3 is 2. The first-order chi connectivity index (χ1) is 10.6. The zero-order valence-electron chi connectivity index (χ0n) is 13.0. The predicted octanol–water partition coefficient (Wildman–Crippen LogP) is 1.36. The average molecular weight is 301 g/mol. The smallest absolute Gasteiger partial charge is 0.293 e. The van der Waals surface area contributed by atoms with E-state index < -0.39 is 0 Å². The highest BCUT2D eigenvalue weighted by molar-refractivity contribution is 5.51. The summed E-state index contributed by atoms with van der Waals surface area (Å²) in [7, 11) is 5.00. The highest BCUT2D eigenvalue weighted by atomic mass is 16.5. The molecular weight excluding hydrogens is 282 g/mol. The molecule has 0 unspecified atom stereocenters. The van der Waals surface area contributed by atoms with Gasteiger partial charge in [-0.2, -0.15) is 0 Å². The zero-order chi connectivity index (χ0) is 15.7. The molecule has 0 fully saturated rings. The molecular formula is C16H19N3O3. The summed E-state index contributed by atoms with van der Waals surface area (Å²) < 4.78 is 12.3. The Bertz CT molecular complexity index is 755. The summed E-state index contributed by atoms with van der Waals surface area (Å²) in [6.45, 7) is 1.40. The molecule has 0 bridgehead atoms. The van der Waals surface area contributed by atoms with Gasteiger partial charge in [0.2, 0.25) is 0 Å². The molecule has 0 spiro atoms. The van der Waals surface area contributed by atoms with Crippen molar-refractivity contribution in [3.05, 3.63) is 46.0 Å². The van der Waals surface area contributed by atoms with Crippen LogP contribution >= 0.6 is 0 Å². The lowest BCUT2D eigenvalue weighted by Gasteiger charge is -2.30. The minimum Gasteiger partial charge on any atom is -0.493 e.